The summed E-state index contributed by atoms with van der Waals surface area (Å²) < 4.78 is 0. The fourth-order valence-electron chi connectivity index (χ4n) is 8.73. The first-order valence-electron chi connectivity index (χ1n) is 12.4. The molecule has 6 unspecified atom stereocenters. The van der Waals surface area contributed by atoms with E-state index in [0.29, 0.717) is 32.5 Å². The molecule has 0 saturated heterocycles. The number of hydrogen-bond acceptors (Lipinski definition) is 0. The molecule has 28 heavy (non-hydrogen) atoms. The Bertz CT molecular complexity index is 577. The summed E-state index contributed by atoms with van der Waals surface area (Å²) >= 11 is 0. The van der Waals surface area contributed by atoms with E-state index in [-0.39, 0.29) is 0 Å². The van der Waals surface area contributed by atoms with Crippen LogP contribution in [0.1, 0.15) is 123 Å². The van der Waals surface area contributed by atoms with Crippen molar-refractivity contribution < 1.29 is 0 Å². The van der Waals surface area contributed by atoms with E-state index in [1.165, 1.54) is 25.7 Å². The summed E-state index contributed by atoms with van der Waals surface area (Å²) in [6.45, 7) is 35.7. The third-order valence-corrected chi connectivity index (χ3v) is 13.5. The van der Waals surface area contributed by atoms with Crippen molar-refractivity contribution >= 4 is 0 Å². The number of rotatable bonds is 5. The van der Waals surface area contributed by atoms with Gasteiger partial charge in [0.05, 0.1) is 0 Å². The lowest BCUT2D eigenvalue weighted by molar-refractivity contribution is -0.0206. The predicted octanol–water partition coefficient (Wildman–Crippen LogP) is 9.24. The summed E-state index contributed by atoms with van der Waals surface area (Å²) in [5.74, 6) is 3.17. The zero-order chi connectivity index (χ0) is 22.1. The van der Waals surface area contributed by atoms with E-state index < -0.39 is 0 Å². The molecule has 2 fully saturated rings. The van der Waals surface area contributed by atoms with Gasteiger partial charge in [0.15, 0.2) is 0 Å². The van der Waals surface area contributed by atoms with Crippen molar-refractivity contribution in [3.05, 3.63) is 0 Å². The zero-order valence-corrected chi connectivity index (χ0v) is 22.1. The highest BCUT2D eigenvalue weighted by molar-refractivity contribution is 5.13. The van der Waals surface area contributed by atoms with Crippen LogP contribution in [0, 0.1) is 56.2 Å². The van der Waals surface area contributed by atoms with Gasteiger partial charge in [0.25, 0.3) is 0 Å². The van der Waals surface area contributed by atoms with Crippen molar-refractivity contribution in [2.75, 3.05) is 0 Å². The van der Waals surface area contributed by atoms with Crippen molar-refractivity contribution in [2.45, 2.75) is 123 Å². The fraction of sp³-hybridized carbons (Fsp3) is 1.00. The summed E-state index contributed by atoms with van der Waals surface area (Å²) in [5, 5.41) is 0. The van der Waals surface area contributed by atoms with Crippen LogP contribution in [0.15, 0.2) is 0 Å². The monoisotopic (exact) mass is 390 g/mol. The van der Waals surface area contributed by atoms with Gasteiger partial charge in [-0.1, -0.05) is 103 Å². The first-order valence-corrected chi connectivity index (χ1v) is 12.4. The van der Waals surface area contributed by atoms with Crippen molar-refractivity contribution in [3.63, 3.8) is 0 Å². The molecule has 2 saturated carbocycles. The van der Waals surface area contributed by atoms with E-state index in [9.17, 15) is 0 Å². The molecule has 0 N–H and O–H groups in total. The Hall–Kier alpha value is 0. The second-order valence-electron chi connectivity index (χ2n) is 13.6. The van der Waals surface area contributed by atoms with E-state index in [4.69, 9.17) is 0 Å². The molecule has 2 rings (SSSR count). The van der Waals surface area contributed by atoms with Crippen LogP contribution < -0.4 is 0 Å². The van der Waals surface area contributed by atoms with Crippen LogP contribution in [0.4, 0.5) is 0 Å². The van der Waals surface area contributed by atoms with Crippen molar-refractivity contribution in [1.29, 1.82) is 0 Å². The minimum atomic E-state index is 0.377. The van der Waals surface area contributed by atoms with Gasteiger partial charge in [-0.05, 0) is 75.4 Å². The summed E-state index contributed by atoms with van der Waals surface area (Å²) in [4.78, 5) is 0. The Balaban J connectivity index is 2.29. The quantitative estimate of drug-likeness (QED) is 0.438. The average Bonchev–Trinajstić information content (AvgIpc) is 2.75. The van der Waals surface area contributed by atoms with Gasteiger partial charge in [0.1, 0.15) is 0 Å². The van der Waals surface area contributed by atoms with Crippen LogP contribution in [0.3, 0.4) is 0 Å². The van der Waals surface area contributed by atoms with Crippen molar-refractivity contribution in [3.8, 4) is 0 Å². The van der Waals surface area contributed by atoms with Gasteiger partial charge < -0.3 is 0 Å². The molecule has 0 heteroatoms. The topological polar surface area (TPSA) is 0 Å². The van der Waals surface area contributed by atoms with Crippen LogP contribution in [0.5, 0.6) is 0 Å². The standard InChI is InChI=1S/C28H54/c1-15-28(22(5)20(3)24(8,9)26(28,12)13)18-16-17-27(14)21(4)19(2)23(6,7)25(27,10)11/h19-22H,15-18H2,1-14H3. The van der Waals surface area contributed by atoms with E-state index >= 15 is 0 Å². The fourth-order valence-corrected chi connectivity index (χ4v) is 8.73. The third kappa shape index (κ3) is 2.60. The molecule has 166 valence electrons. The molecule has 0 aliphatic heterocycles. The summed E-state index contributed by atoms with van der Waals surface area (Å²) in [7, 11) is 0. The van der Waals surface area contributed by atoms with Crippen LogP contribution in [-0.4, -0.2) is 0 Å². The molecular formula is C28H54. The van der Waals surface area contributed by atoms with Gasteiger partial charge in [-0.2, -0.15) is 0 Å². The first-order chi connectivity index (χ1) is 12.4. The molecule has 0 radical (unpaired) electrons. The van der Waals surface area contributed by atoms with E-state index in [2.05, 4.69) is 96.9 Å². The molecule has 0 amide bonds. The molecule has 0 aromatic carbocycles. The highest BCUT2D eigenvalue weighted by Crippen LogP contribution is 2.72. The zero-order valence-electron chi connectivity index (χ0n) is 22.1. The lowest BCUT2D eigenvalue weighted by Crippen LogP contribution is -2.43. The highest BCUT2D eigenvalue weighted by atomic mass is 14.7. The van der Waals surface area contributed by atoms with E-state index in [1.807, 2.05) is 0 Å². The van der Waals surface area contributed by atoms with Gasteiger partial charge in [-0.15, -0.1) is 0 Å². The lowest BCUT2D eigenvalue weighted by atomic mass is 9.54. The van der Waals surface area contributed by atoms with Gasteiger partial charge >= 0.3 is 0 Å². The Morgan fingerprint density at radius 1 is 0.536 bits per heavy atom. The molecule has 2 aliphatic carbocycles. The first kappa shape index (κ1) is 24.3. The second kappa shape index (κ2) is 6.75. The maximum absolute atomic E-state index is 2.62. The molecule has 0 aromatic rings. The molecule has 0 bridgehead atoms. The summed E-state index contributed by atoms with van der Waals surface area (Å²) in [5.41, 5.74) is 2.47. The maximum Gasteiger partial charge on any atom is -0.0215 e. The van der Waals surface area contributed by atoms with Crippen LogP contribution in [0.2, 0.25) is 0 Å². The number of hydrogen-bond donors (Lipinski definition) is 0. The van der Waals surface area contributed by atoms with Crippen molar-refractivity contribution in [2.24, 2.45) is 56.2 Å². The third-order valence-electron chi connectivity index (χ3n) is 13.5. The molecule has 0 aromatic heterocycles. The smallest absolute Gasteiger partial charge is 0.0215 e. The minimum Gasteiger partial charge on any atom is -0.0648 e. The van der Waals surface area contributed by atoms with Crippen LogP contribution in [-0.2, 0) is 0 Å². The van der Waals surface area contributed by atoms with Crippen molar-refractivity contribution in [1.82, 2.24) is 0 Å². The second-order valence-corrected chi connectivity index (χ2v) is 13.6. The average molecular weight is 391 g/mol. The summed E-state index contributed by atoms with van der Waals surface area (Å²) in [6.07, 6.45) is 5.50. The Morgan fingerprint density at radius 3 is 1.29 bits per heavy atom. The lowest BCUT2D eigenvalue weighted by Gasteiger charge is -2.51. The largest absolute Gasteiger partial charge is 0.0648 e. The molecule has 0 spiro atoms. The Kier molecular flexibility index (Phi) is 5.85. The van der Waals surface area contributed by atoms with Gasteiger partial charge in [0, 0.05) is 0 Å². The normalized spacial score (nSPS) is 46.1. The molecule has 0 nitrogen and oxygen atoms in total. The van der Waals surface area contributed by atoms with Gasteiger partial charge in [-0.25, -0.2) is 0 Å². The molecular weight excluding hydrogens is 336 g/mol. The maximum atomic E-state index is 2.62. The van der Waals surface area contributed by atoms with Crippen LogP contribution >= 0.6 is 0 Å². The highest BCUT2D eigenvalue weighted by Gasteiger charge is 2.65. The predicted molar refractivity (Wildman–Crippen MR) is 126 cm³/mol. The van der Waals surface area contributed by atoms with Gasteiger partial charge in [0.2, 0.25) is 0 Å². The molecule has 2 aliphatic rings. The van der Waals surface area contributed by atoms with E-state index in [0.717, 1.165) is 23.7 Å². The van der Waals surface area contributed by atoms with Crippen LogP contribution in [0.25, 0.3) is 0 Å². The Morgan fingerprint density at radius 2 is 0.964 bits per heavy atom. The minimum absolute atomic E-state index is 0.377. The van der Waals surface area contributed by atoms with E-state index in [1.54, 1.807) is 0 Å². The molecule has 0 heterocycles. The Labute approximate surface area is 179 Å². The molecule has 6 atom stereocenters. The SMILES string of the molecule is CCC1(CCCC2(C)C(C)C(C)C(C)(C)C2(C)C)C(C)C(C)C(C)(C)C1(C)C. The van der Waals surface area contributed by atoms with Gasteiger partial charge in [-0.3, -0.25) is 0 Å². The summed E-state index contributed by atoms with van der Waals surface area (Å²) in [6, 6.07) is 0.